The minimum atomic E-state index is -0.746. The van der Waals surface area contributed by atoms with Crippen LogP contribution in [0.15, 0.2) is 11.6 Å². The lowest BCUT2D eigenvalue weighted by Crippen LogP contribution is -1.91. The third kappa shape index (κ3) is 7.32. The number of hydrogen-bond donors (Lipinski definition) is 1. The molecule has 0 fully saturated rings. The van der Waals surface area contributed by atoms with Crippen molar-refractivity contribution in [3.63, 3.8) is 0 Å². The van der Waals surface area contributed by atoms with E-state index in [0.29, 0.717) is 0 Å². The second-order valence-corrected chi connectivity index (χ2v) is 3.11. The van der Waals surface area contributed by atoms with Crippen molar-refractivity contribution in [2.24, 2.45) is 0 Å². The molecule has 0 saturated carbocycles. The van der Waals surface area contributed by atoms with Crippen molar-refractivity contribution in [2.45, 2.75) is 46.0 Å². The molecular weight excluding hydrogens is 152 g/mol. The van der Waals surface area contributed by atoms with Gasteiger partial charge in [-0.1, -0.05) is 31.4 Å². The zero-order valence-corrected chi connectivity index (χ0v) is 7.97. The number of allylic oxidation sites excluding steroid dienone is 1. The van der Waals surface area contributed by atoms with Gasteiger partial charge in [0.2, 0.25) is 0 Å². The average molecular weight is 170 g/mol. The molecule has 0 aromatic heterocycles. The summed E-state index contributed by atoms with van der Waals surface area (Å²) in [5, 5.41) is 8.39. The monoisotopic (exact) mass is 170 g/mol. The van der Waals surface area contributed by atoms with E-state index in [2.05, 4.69) is 6.92 Å². The van der Waals surface area contributed by atoms with Crippen molar-refractivity contribution in [1.29, 1.82) is 0 Å². The molecule has 0 heterocycles. The van der Waals surface area contributed by atoms with Gasteiger partial charge in [-0.05, 0) is 19.8 Å². The van der Waals surface area contributed by atoms with E-state index in [4.69, 9.17) is 5.11 Å². The van der Waals surface area contributed by atoms with Gasteiger partial charge in [-0.25, -0.2) is 0 Å². The maximum Gasteiger partial charge on any atom is 0.307 e. The molecule has 0 bridgehead atoms. The zero-order valence-electron chi connectivity index (χ0n) is 7.97. The van der Waals surface area contributed by atoms with E-state index >= 15 is 0 Å². The van der Waals surface area contributed by atoms with E-state index in [-0.39, 0.29) is 6.42 Å². The minimum Gasteiger partial charge on any atom is -0.481 e. The molecule has 0 amide bonds. The summed E-state index contributed by atoms with van der Waals surface area (Å²) < 4.78 is 0. The molecule has 2 nitrogen and oxygen atoms in total. The lowest BCUT2D eigenvalue weighted by Gasteiger charge is -1.98. The molecule has 0 unspecified atom stereocenters. The lowest BCUT2D eigenvalue weighted by atomic mass is 10.1. The molecule has 0 aromatic carbocycles. The number of unbranched alkanes of at least 4 members (excludes halogenated alkanes) is 2. The summed E-state index contributed by atoms with van der Waals surface area (Å²) >= 11 is 0. The molecular formula is C10H18O2. The molecule has 0 rings (SSSR count). The number of carboxylic acid groups (broad SMARTS) is 1. The van der Waals surface area contributed by atoms with Gasteiger partial charge < -0.3 is 5.11 Å². The number of aliphatic carboxylic acids is 1. The molecule has 70 valence electrons. The van der Waals surface area contributed by atoms with Crippen LogP contribution in [0.25, 0.3) is 0 Å². The van der Waals surface area contributed by atoms with Gasteiger partial charge in [-0.2, -0.15) is 0 Å². The molecule has 0 aromatic rings. The Labute approximate surface area is 74.3 Å². The SMILES string of the molecule is CCCCC/C(C)=C/CC(=O)O. The fraction of sp³-hybridized carbons (Fsp3) is 0.700. The predicted molar refractivity (Wildman–Crippen MR) is 50.2 cm³/mol. The summed E-state index contributed by atoms with van der Waals surface area (Å²) in [6, 6.07) is 0. The highest BCUT2D eigenvalue weighted by atomic mass is 16.4. The highest BCUT2D eigenvalue weighted by Gasteiger charge is 1.93. The first-order valence-corrected chi connectivity index (χ1v) is 4.54. The van der Waals surface area contributed by atoms with Crippen LogP contribution in [-0.2, 0) is 4.79 Å². The van der Waals surface area contributed by atoms with Crippen LogP contribution in [-0.4, -0.2) is 11.1 Å². The Morgan fingerprint density at radius 1 is 1.42 bits per heavy atom. The normalized spacial score (nSPS) is 11.7. The highest BCUT2D eigenvalue weighted by Crippen LogP contribution is 2.08. The Morgan fingerprint density at radius 3 is 2.58 bits per heavy atom. The zero-order chi connectivity index (χ0) is 9.40. The van der Waals surface area contributed by atoms with Crippen LogP contribution >= 0.6 is 0 Å². The van der Waals surface area contributed by atoms with E-state index < -0.39 is 5.97 Å². The second kappa shape index (κ2) is 6.89. The molecule has 0 aliphatic heterocycles. The first kappa shape index (κ1) is 11.2. The average Bonchev–Trinajstić information content (AvgIpc) is 2.01. The molecule has 1 N–H and O–H groups in total. The topological polar surface area (TPSA) is 37.3 Å². The van der Waals surface area contributed by atoms with Crippen LogP contribution in [0.4, 0.5) is 0 Å². The molecule has 0 aliphatic rings. The van der Waals surface area contributed by atoms with Gasteiger partial charge in [0.15, 0.2) is 0 Å². The van der Waals surface area contributed by atoms with Crippen molar-refractivity contribution < 1.29 is 9.90 Å². The largest absolute Gasteiger partial charge is 0.481 e. The van der Waals surface area contributed by atoms with Crippen molar-refractivity contribution in [1.82, 2.24) is 0 Å². The Kier molecular flexibility index (Phi) is 6.44. The number of hydrogen-bond acceptors (Lipinski definition) is 1. The van der Waals surface area contributed by atoms with Crippen LogP contribution in [0.1, 0.15) is 46.0 Å². The van der Waals surface area contributed by atoms with Crippen LogP contribution < -0.4 is 0 Å². The number of carboxylic acids is 1. The molecule has 0 saturated heterocycles. The Morgan fingerprint density at radius 2 is 2.08 bits per heavy atom. The van der Waals surface area contributed by atoms with Gasteiger partial charge in [0.05, 0.1) is 6.42 Å². The van der Waals surface area contributed by atoms with Crippen LogP contribution in [0.3, 0.4) is 0 Å². The Balaban J connectivity index is 3.49. The van der Waals surface area contributed by atoms with Crippen molar-refractivity contribution in [3.05, 3.63) is 11.6 Å². The van der Waals surface area contributed by atoms with Crippen molar-refractivity contribution in [3.8, 4) is 0 Å². The van der Waals surface area contributed by atoms with Crippen molar-refractivity contribution in [2.75, 3.05) is 0 Å². The van der Waals surface area contributed by atoms with Gasteiger partial charge in [0.1, 0.15) is 0 Å². The quantitative estimate of drug-likeness (QED) is 0.491. The number of carbonyl (C=O) groups is 1. The molecule has 12 heavy (non-hydrogen) atoms. The summed E-state index contributed by atoms with van der Waals surface area (Å²) in [5.41, 5.74) is 1.20. The highest BCUT2D eigenvalue weighted by molar-refractivity contribution is 5.68. The van der Waals surface area contributed by atoms with E-state index in [0.717, 1.165) is 6.42 Å². The van der Waals surface area contributed by atoms with E-state index in [1.54, 1.807) is 6.08 Å². The fourth-order valence-corrected chi connectivity index (χ4v) is 1.02. The maximum atomic E-state index is 10.2. The van der Waals surface area contributed by atoms with Gasteiger partial charge in [0.25, 0.3) is 0 Å². The lowest BCUT2D eigenvalue weighted by molar-refractivity contribution is -0.136. The third-order valence-corrected chi connectivity index (χ3v) is 1.80. The van der Waals surface area contributed by atoms with Gasteiger partial charge in [-0.3, -0.25) is 4.79 Å². The van der Waals surface area contributed by atoms with E-state index in [1.165, 1.54) is 24.8 Å². The summed E-state index contributed by atoms with van der Waals surface area (Å²) in [6.45, 7) is 4.16. The van der Waals surface area contributed by atoms with E-state index in [9.17, 15) is 4.79 Å². The summed E-state index contributed by atoms with van der Waals surface area (Å²) in [5.74, 6) is -0.746. The smallest absolute Gasteiger partial charge is 0.307 e. The minimum absolute atomic E-state index is 0.165. The van der Waals surface area contributed by atoms with E-state index in [1.807, 2.05) is 6.92 Å². The van der Waals surface area contributed by atoms with Crippen molar-refractivity contribution >= 4 is 5.97 Å². The molecule has 0 radical (unpaired) electrons. The second-order valence-electron chi connectivity index (χ2n) is 3.11. The maximum absolute atomic E-state index is 10.2. The first-order chi connectivity index (χ1) is 5.66. The third-order valence-electron chi connectivity index (χ3n) is 1.80. The van der Waals surface area contributed by atoms with Crippen LogP contribution in [0.2, 0.25) is 0 Å². The predicted octanol–water partition coefficient (Wildman–Crippen LogP) is 2.99. The first-order valence-electron chi connectivity index (χ1n) is 4.54. The standard InChI is InChI=1S/C10H18O2/c1-3-4-5-6-9(2)7-8-10(11)12/h7H,3-6,8H2,1-2H3,(H,11,12)/b9-7+. The molecule has 0 aliphatic carbocycles. The Hall–Kier alpha value is -0.790. The van der Waals surface area contributed by atoms with Gasteiger partial charge >= 0.3 is 5.97 Å². The number of rotatable bonds is 6. The van der Waals surface area contributed by atoms with Crippen LogP contribution in [0, 0.1) is 0 Å². The molecule has 0 atom stereocenters. The van der Waals surface area contributed by atoms with Gasteiger partial charge in [0, 0.05) is 0 Å². The summed E-state index contributed by atoms with van der Waals surface area (Å²) in [6.07, 6.45) is 6.64. The Bertz CT molecular complexity index is 159. The van der Waals surface area contributed by atoms with Gasteiger partial charge in [-0.15, -0.1) is 0 Å². The molecule has 2 heteroatoms. The summed E-state index contributed by atoms with van der Waals surface area (Å²) in [4.78, 5) is 10.2. The molecule has 0 spiro atoms. The van der Waals surface area contributed by atoms with Crippen LogP contribution in [0.5, 0.6) is 0 Å². The fourth-order valence-electron chi connectivity index (χ4n) is 1.02. The summed E-state index contributed by atoms with van der Waals surface area (Å²) in [7, 11) is 0.